The van der Waals surface area contributed by atoms with Crippen LogP contribution in [0.25, 0.3) is 11.3 Å². The Morgan fingerprint density at radius 2 is 2.04 bits per heavy atom. The lowest BCUT2D eigenvalue weighted by molar-refractivity contribution is -0.132. The lowest BCUT2D eigenvalue weighted by atomic mass is 10.1. The summed E-state index contributed by atoms with van der Waals surface area (Å²) in [4.78, 5) is 13.2. The average molecular weight is 382 g/mol. The van der Waals surface area contributed by atoms with Gasteiger partial charge in [0.2, 0.25) is 14.7 Å². The Balaban J connectivity index is 2.43. The number of nitrogens with two attached hydrogens (primary N) is 2. The van der Waals surface area contributed by atoms with Crippen molar-refractivity contribution in [2.24, 2.45) is 11.5 Å². The van der Waals surface area contributed by atoms with Crippen LogP contribution in [0.1, 0.15) is 12.8 Å². The Kier molecular flexibility index (Phi) is 6.03. The van der Waals surface area contributed by atoms with E-state index in [0.717, 1.165) is 6.20 Å². The molecule has 2 aromatic rings. The molecule has 26 heavy (non-hydrogen) atoms. The van der Waals surface area contributed by atoms with Crippen LogP contribution in [0.2, 0.25) is 0 Å². The number of hydrogen-bond donors (Lipinski definition) is 4. The highest BCUT2D eigenvalue weighted by atomic mass is 32.2. The van der Waals surface area contributed by atoms with Crippen molar-refractivity contribution in [3.8, 4) is 11.3 Å². The number of sulfone groups is 1. The third kappa shape index (κ3) is 3.73. The molecule has 0 fully saturated rings. The molecule has 8 nitrogen and oxygen atoms in total. The molecule has 1 heterocycles. The second kappa shape index (κ2) is 7.87. The predicted octanol–water partition coefficient (Wildman–Crippen LogP) is 0.561. The highest BCUT2D eigenvalue weighted by molar-refractivity contribution is 7.93. The molecule has 0 aliphatic heterocycles. The molecule has 1 aromatic heterocycles. The molecule has 0 unspecified atom stereocenters. The van der Waals surface area contributed by atoms with Crippen molar-refractivity contribution < 1.29 is 22.8 Å². The van der Waals surface area contributed by atoms with Crippen molar-refractivity contribution >= 4 is 15.7 Å². The monoisotopic (exact) mass is 382 g/mol. The number of rotatable bonds is 7. The topological polar surface area (TPSA) is 148 Å². The largest absolute Gasteiger partial charge is 0.330 e. The van der Waals surface area contributed by atoms with Crippen molar-refractivity contribution in [3.63, 3.8) is 0 Å². The van der Waals surface area contributed by atoms with E-state index in [1.54, 1.807) is 6.07 Å². The van der Waals surface area contributed by atoms with E-state index in [9.17, 15) is 17.6 Å². The lowest BCUT2D eigenvalue weighted by Crippen LogP contribution is -2.58. The lowest BCUT2D eigenvalue weighted by Gasteiger charge is -2.26. The minimum absolute atomic E-state index is 0.115. The Labute approximate surface area is 149 Å². The van der Waals surface area contributed by atoms with Crippen molar-refractivity contribution in [1.82, 2.24) is 10.5 Å². The standard InChI is InChI=1S/C16H19FN4O4S/c17-12-4-1-3-11(9-12)14-6-5-13(10-20-14)26(24,25)16(19,7-2-8-18)15(22)21-23/h1,3-6,9-10,23H,2,7-8,18-19H2,(H,21,22)/t16-/m0/s1. The molecule has 0 aliphatic carbocycles. The normalized spacial score (nSPS) is 13.8. The fraction of sp³-hybridized carbons (Fsp3) is 0.250. The second-order valence-corrected chi connectivity index (χ2v) is 7.82. The molecule has 2 rings (SSSR count). The van der Waals surface area contributed by atoms with Gasteiger partial charge in [0, 0.05) is 11.8 Å². The molecular formula is C16H19FN4O4S. The van der Waals surface area contributed by atoms with Gasteiger partial charge in [-0.05, 0) is 43.7 Å². The maximum atomic E-state index is 13.3. The second-order valence-electron chi connectivity index (χ2n) is 5.62. The van der Waals surface area contributed by atoms with Crippen LogP contribution in [0.15, 0.2) is 47.5 Å². The first-order chi connectivity index (χ1) is 12.3. The summed E-state index contributed by atoms with van der Waals surface area (Å²) in [5.74, 6) is -1.72. The molecule has 10 heteroatoms. The van der Waals surface area contributed by atoms with Crippen molar-refractivity contribution in [2.45, 2.75) is 22.6 Å². The molecule has 1 atom stereocenters. The first-order valence-corrected chi connectivity index (χ1v) is 9.14. The number of aromatic nitrogens is 1. The van der Waals surface area contributed by atoms with Crippen molar-refractivity contribution in [3.05, 3.63) is 48.4 Å². The van der Waals surface area contributed by atoms with E-state index in [0.29, 0.717) is 11.3 Å². The highest BCUT2D eigenvalue weighted by Gasteiger charge is 2.47. The molecule has 0 saturated heterocycles. The van der Waals surface area contributed by atoms with E-state index >= 15 is 0 Å². The van der Waals surface area contributed by atoms with Crippen LogP contribution in [0.3, 0.4) is 0 Å². The first kappa shape index (κ1) is 19.9. The van der Waals surface area contributed by atoms with E-state index in [4.69, 9.17) is 16.7 Å². The number of hydroxylamine groups is 1. The number of hydrogen-bond acceptors (Lipinski definition) is 7. The molecule has 140 valence electrons. The van der Waals surface area contributed by atoms with Crippen LogP contribution >= 0.6 is 0 Å². The van der Waals surface area contributed by atoms with Gasteiger partial charge in [-0.15, -0.1) is 0 Å². The number of nitrogens with one attached hydrogen (secondary N) is 1. The number of carbonyl (C=O) groups is 1. The van der Waals surface area contributed by atoms with Crippen LogP contribution in [-0.2, 0) is 14.6 Å². The molecule has 1 amide bonds. The fourth-order valence-electron chi connectivity index (χ4n) is 2.40. The molecule has 0 radical (unpaired) electrons. The van der Waals surface area contributed by atoms with Crippen LogP contribution in [0, 0.1) is 5.82 Å². The third-order valence-electron chi connectivity index (χ3n) is 3.88. The summed E-state index contributed by atoms with van der Waals surface area (Å²) in [6, 6.07) is 8.24. The van der Waals surface area contributed by atoms with Gasteiger partial charge < -0.3 is 11.5 Å². The predicted molar refractivity (Wildman–Crippen MR) is 92.0 cm³/mol. The van der Waals surface area contributed by atoms with Gasteiger partial charge in [-0.3, -0.25) is 15.0 Å². The van der Waals surface area contributed by atoms with Crippen molar-refractivity contribution in [2.75, 3.05) is 6.54 Å². The van der Waals surface area contributed by atoms with E-state index in [1.807, 2.05) is 0 Å². The quantitative estimate of drug-likeness (QED) is 0.404. The highest BCUT2D eigenvalue weighted by Crippen LogP contribution is 2.27. The van der Waals surface area contributed by atoms with Gasteiger partial charge in [0.1, 0.15) is 5.82 Å². The van der Waals surface area contributed by atoms with E-state index in [2.05, 4.69) is 4.98 Å². The number of halogens is 1. The van der Waals surface area contributed by atoms with Crippen molar-refractivity contribution in [1.29, 1.82) is 0 Å². The van der Waals surface area contributed by atoms with Gasteiger partial charge in [-0.1, -0.05) is 12.1 Å². The summed E-state index contributed by atoms with van der Waals surface area (Å²) in [6.45, 7) is 0.115. The van der Waals surface area contributed by atoms with Crippen LogP contribution in [0.4, 0.5) is 4.39 Å². The maximum absolute atomic E-state index is 13.3. The van der Waals surface area contributed by atoms with Gasteiger partial charge in [-0.2, -0.15) is 0 Å². The van der Waals surface area contributed by atoms with Gasteiger partial charge in [0.05, 0.1) is 10.6 Å². The number of pyridine rings is 1. The molecule has 0 bridgehead atoms. The molecule has 0 aliphatic rings. The van der Waals surface area contributed by atoms with Crippen LogP contribution < -0.4 is 16.9 Å². The zero-order valence-corrected chi connectivity index (χ0v) is 14.5. The van der Waals surface area contributed by atoms with Gasteiger partial charge in [0.25, 0.3) is 5.91 Å². The number of nitrogens with zero attached hydrogens (tertiary/aromatic N) is 1. The molecular weight excluding hydrogens is 363 g/mol. The minimum Gasteiger partial charge on any atom is -0.330 e. The average Bonchev–Trinajstić information content (AvgIpc) is 2.65. The van der Waals surface area contributed by atoms with Gasteiger partial charge >= 0.3 is 0 Å². The number of carbonyl (C=O) groups excluding carboxylic acids is 1. The Hall–Kier alpha value is -2.40. The summed E-state index contributed by atoms with van der Waals surface area (Å²) < 4.78 is 39.0. The SMILES string of the molecule is NCCC[C@@](N)(C(=O)NO)S(=O)(=O)c1ccc(-c2cccc(F)c2)nc1. The number of amides is 1. The van der Waals surface area contributed by atoms with E-state index in [1.165, 1.54) is 35.8 Å². The summed E-state index contributed by atoms with van der Waals surface area (Å²) in [7, 11) is -4.38. The van der Waals surface area contributed by atoms with Crippen LogP contribution in [0.5, 0.6) is 0 Å². The Morgan fingerprint density at radius 1 is 1.31 bits per heavy atom. The maximum Gasteiger partial charge on any atom is 0.279 e. The summed E-state index contributed by atoms with van der Waals surface area (Å²) in [5, 5.41) is 8.87. The molecule has 0 saturated carbocycles. The van der Waals surface area contributed by atoms with Crippen LogP contribution in [-0.4, -0.2) is 35.9 Å². The third-order valence-corrected chi connectivity index (χ3v) is 6.10. The first-order valence-electron chi connectivity index (χ1n) is 7.66. The molecule has 1 aromatic carbocycles. The fourth-order valence-corrected chi connectivity index (χ4v) is 3.96. The zero-order valence-electron chi connectivity index (χ0n) is 13.7. The smallest absolute Gasteiger partial charge is 0.279 e. The zero-order chi connectivity index (χ0) is 19.4. The van der Waals surface area contributed by atoms with Gasteiger partial charge in [-0.25, -0.2) is 18.3 Å². The van der Waals surface area contributed by atoms with E-state index in [-0.39, 0.29) is 24.3 Å². The molecule has 0 spiro atoms. The summed E-state index contributed by atoms with van der Waals surface area (Å²) in [6.07, 6.45) is 0.895. The van der Waals surface area contributed by atoms with E-state index < -0.39 is 26.4 Å². The summed E-state index contributed by atoms with van der Waals surface area (Å²) >= 11 is 0. The minimum atomic E-state index is -4.38. The Bertz CT molecular complexity index is 889. The Morgan fingerprint density at radius 3 is 2.58 bits per heavy atom. The summed E-state index contributed by atoms with van der Waals surface area (Å²) in [5.41, 5.74) is 13.3. The number of benzene rings is 1. The molecule has 6 N–H and O–H groups in total. The van der Waals surface area contributed by atoms with Gasteiger partial charge in [0.15, 0.2) is 0 Å².